The van der Waals surface area contributed by atoms with Gasteiger partial charge in [0.1, 0.15) is 0 Å². The topological polar surface area (TPSA) is 45.1 Å². The van der Waals surface area contributed by atoms with Crippen LogP contribution in [0.4, 0.5) is 0 Å². The standard InChI is InChI=1S/C14H22N2O/c1-2-12(8-10-17)16-13-7-3-5-11-6-4-9-15-14(11)13/h4,6,9,12-13,16-17H,2-3,5,7-8,10H2,1H3. The predicted octanol–water partition coefficient (Wildman–Crippen LogP) is 2.21. The van der Waals surface area contributed by atoms with Crippen molar-refractivity contribution < 1.29 is 5.11 Å². The van der Waals surface area contributed by atoms with Crippen LogP contribution >= 0.6 is 0 Å². The Morgan fingerprint density at radius 3 is 3.24 bits per heavy atom. The van der Waals surface area contributed by atoms with Crippen LogP contribution in [-0.2, 0) is 6.42 Å². The summed E-state index contributed by atoms with van der Waals surface area (Å²) in [5.41, 5.74) is 2.60. The Hall–Kier alpha value is -0.930. The average molecular weight is 234 g/mol. The Balaban J connectivity index is 2.07. The number of aliphatic hydroxyl groups is 1. The van der Waals surface area contributed by atoms with E-state index in [-0.39, 0.29) is 6.61 Å². The number of rotatable bonds is 5. The zero-order valence-electron chi connectivity index (χ0n) is 10.5. The molecule has 0 aliphatic heterocycles. The first-order chi connectivity index (χ1) is 8.35. The third kappa shape index (κ3) is 3.05. The lowest BCUT2D eigenvalue weighted by atomic mass is 9.91. The van der Waals surface area contributed by atoms with Crippen molar-refractivity contribution in [3.05, 3.63) is 29.6 Å². The summed E-state index contributed by atoms with van der Waals surface area (Å²) in [4.78, 5) is 4.52. The van der Waals surface area contributed by atoms with E-state index in [1.54, 1.807) is 0 Å². The summed E-state index contributed by atoms with van der Waals surface area (Å²) in [7, 11) is 0. The summed E-state index contributed by atoms with van der Waals surface area (Å²) in [6.07, 6.45) is 7.30. The maximum Gasteiger partial charge on any atom is 0.0605 e. The number of aromatic nitrogens is 1. The van der Waals surface area contributed by atoms with Crippen LogP contribution in [0.1, 0.15) is 49.9 Å². The van der Waals surface area contributed by atoms with Crippen LogP contribution in [0.25, 0.3) is 0 Å². The first kappa shape index (κ1) is 12.5. The fourth-order valence-corrected chi connectivity index (χ4v) is 2.62. The minimum Gasteiger partial charge on any atom is -0.396 e. The van der Waals surface area contributed by atoms with Crippen LogP contribution in [0.2, 0.25) is 0 Å². The van der Waals surface area contributed by atoms with E-state index >= 15 is 0 Å². The van der Waals surface area contributed by atoms with E-state index in [0.29, 0.717) is 12.1 Å². The molecule has 3 heteroatoms. The molecular weight excluding hydrogens is 212 g/mol. The van der Waals surface area contributed by atoms with Gasteiger partial charge in [0.2, 0.25) is 0 Å². The Morgan fingerprint density at radius 1 is 1.59 bits per heavy atom. The highest BCUT2D eigenvalue weighted by Crippen LogP contribution is 2.28. The molecule has 17 heavy (non-hydrogen) atoms. The third-order valence-corrected chi connectivity index (χ3v) is 3.60. The molecule has 0 radical (unpaired) electrons. The van der Waals surface area contributed by atoms with Gasteiger partial charge >= 0.3 is 0 Å². The van der Waals surface area contributed by atoms with E-state index in [1.165, 1.54) is 17.7 Å². The summed E-state index contributed by atoms with van der Waals surface area (Å²) in [5.74, 6) is 0. The Kier molecular flexibility index (Phi) is 4.51. The van der Waals surface area contributed by atoms with Crippen LogP contribution in [0.3, 0.4) is 0 Å². The maximum absolute atomic E-state index is 9.04. The number of nitrogens with zero attached hydrogens (tertiary/aromatic N) is 1. The van der Waals surface area contributed by atoms with E-state index < -0.39 is 0 Å². The highest BCUT2D eigenvalue weighted by Gasteiger charge is 2.22. The molecule has 0 bridgehead atoms. The van der Waals surface area contributed by atoms with Gasteiger partial charge < -0.3 is 10.4 Å². The number of fused-ring (bicyclic) bond motifs is 1. The molecule has 0 spiro atoms. The van der Waals surface area contributed by atoms with Gasteiger partial charge in [-0.25, -0.2) is 0 Å². The largest absolute Gasteiger partial charge is 0.396 e. The quantitative estimate of drug-likeness (QED) is 0.821. The van der Waals surface area contributed by atoms with Crippen LogP contribution in [0, 0.1) is 0 Å². The fourth-order valence-electron chi connectivity index (χ4n) is 2.62. The van der Waals surface area contributed by atoms with Crippen LogP contribution in [0.15, 0.2) is 18.3 Å². The average Bonchev–Trinajstić information content (AvgIpc) is 2.38. The number of pyridine rings is 1. The first-order valence-electron chi connectivity index (χ1n) is 6.65. The second kappa shape index (κ2) is 6.12. The maximum atomic E-state index is 9.04. The number of nitrogens with one attached hydrogen (secondary N) is 1. The minimum atomic E-state index is 0.257. The van der Waals surface area contributed by atoms with Gasteiger partial charge in [-0.1, -0.05) is 13.0 Å². The molecule has 0 saturated carbocycles. The summed E-state index contributed by atoms with van der Waals surface area (Å²) in [6, 6.07) is 4.98. The molecule has 2 N–H and O–H groups in total. The highest BCUT2D eigenvalue weighted by atomic mass is 16.3. The van der Waals surface area contributed by atoms with Crippen LogP contribution in [-0.4, -0.2) is 22.7 Å². The van der Waals surface area contributed by atoms with Crippen molar-refractivity contribution in [3.8, 4) is 0 Å². The molecule has 0 amide bonds. The normalized spacial score (nSPS) is 20.9. The summed E-state index contributed by atoms with van der Waals surface area (Å²) in [6.45, 7) is 2.42. The van der Waals surface area contributed by atoms with Crippen molar-refractivity contribution >= 4 is 0 Å². The lowest BCUT2D eigenvalue weighted by molar-refractivity contribution is 0.251. The van der Waals surface area contributed by atoms with E-state index in [4.69, 9.17) is 5.11 Å². The van der Waals surface area contributed by atoms with Gasteiger partial charge in [-0.2, -0.15) is 0 Å². The van der Waals surface area contributed by atoms with Gasteiger partial charge in [0, 0.05) is 24.9 Å². The molecule has 94 valence electrons. The molecular formula is C14H22N2O. The highest BCUT2D eigenvalue weighted by molar-refractivity contribution is 5.25. The van der Waals surface area contributed by atoms with E-state index in [2.05, 4.69) is 23.3 Å². The lowest BCUT2D eigenvalue weighted by Crippen LogP contribution is -2.35. The number of aryl methyl sites for hydroxylation is 1. The van der Waals surface area contributed by atoms with Crippen molar-refractivity contribution in [1.82, 2.24) is 10.3 Å². The molecule has 1 aliphatic rings. The molecule has 0 saturated heterocycles. The SMILES string of the molecule is CCC(CCO)NC1CCCc2cccnc21. The Morgan fingerprint density at radius 2 is 2.47 bits per heavy atom. The lowest BCUT2D eigenvalue weighted by Gasteiger charge is -2.29. The van der Waals surface area contributed by atoms with Crippen molar-refractivity contribution in [2.75, 3.05) is 6.61 Å². The molecule has 0 aromatic carbocycles. The fraction of sp³-hybridized carbons (Fsp3) is 0.643. The van der Waals surface area contributed by atoms with Crippen LogP contribution < -0.4 is 5.32 Å². The molecule has 2 rings (SSSR count). The summed E-state index contributed by atoms with van der Waals surface area (Å²) < 4.78 is 0. The van der Waals surface area contributed by atoms with Gasteiger partial charge in [-0.05, 0) is 43.7 Å². The summed E-state index contributed by atoms with van der Waals surface area (Å²) in [5, 5.41) is 12.7. The minimum absolute atomic E-state index is 0.257. The van der Waals surface area contributed by atoms with Crippen molar-refractivity contribution in [1.29, 1.82) is 0 Å². The monoisotopic (exact) mass is 234 g/mol. The molecule has 2 atom stereocenters. The van der Waals surface area contributed by atoms with Crippen LogP contribution in [0.5, 0.6) is 0 Å². The van der Waals surface area contributed by atoms with Gasteiger partial charge in [0.05, 0.1) is 5.69 Å². The zero-order valence-corrected chi connectivity index (χ0v) is 10.5. The second-order valence-electron chi connectivity index (χ2n) is 4.78. The third-order valence-electron chi connectivity index (χ3n) is 3.60. The van der Waals surface area contributed by atoms with E-state index in [1.807, 2.05) is 12.3 Å². The second-order valence-corrected chi connectivity index (χ2v) is 4.78. The molecule has 1 aromatic rings. The Bertz CT molecular complexity index is 354. The first-order valence-corrected chi connectivity index (χ1v) is 6.65. The van der Waals surface area contributed by atoms with Gasteiger partial charge in [0.25, 0.3) is 0 Å². The van der Waals surface area contributed by atoms with Gasteiger partial charge in [0.15, 0.2) is 0 Å². The van der Waals surface area contributed by atoms with Gasteiger partial charge in [-0.3, -0.25) is 4.98 Å². The van der Waals surface area contributed by atoms with Crippen molar-refractivity contribution in [2.24, 2.45) is 0 Å². The molecule has 2 unspecified atom stereocenters. The number of aliphatic hydroxyl groups excluding tert-OH is 1. The summed E-state index contributed by atoms with van der Waals surface area (Å²) >= 11 is 0. The zero-order chi connectivity index (χ0) is 12.1. The van der Waals surface area contributed by atoms with Crippen molar-refractivity contribution in [2.45, 2.75) is 51.1 Å². The number of hydrogen-bond donors (Lipinski definition) is 2. The number of hydrogen-bond acceptors (Lipinski definition) is 3. The van der Waals surface area contributed by atoms with E-state index in [0.717, 1.165) is 25.7 Å². The molecule has 1 aliphatic carbocycles. The van der Waals surface area contributed by atoms with Crippen molar-refractivity contribution in [3.63, 3.8) is 0 Å². The van der Waals surface area contributed by atoms with E-state index in [9.17, 15) is 0 Å². The Labute approximate surface area is 103 Å². The molecule has 1 heterocycles. The molecule has 1 aromatic heterocycles. The smallest absolute Gasteiger partial charge is 0.0605 e. The van der Waals surface area contributed by atoms with Gasteiger partial charge in [-0.15, -0.1) is 0 Å². The molecule has 3 nitrogen and oxygen atoms in total. The predicted molar refractivity (Wildman–Crippen MR) is 68.8 cm³/mol. The molecule has 0 fully saturated rings.